The molecule has 76 valence electrons. The maximum atomic E-state index is 14.6. The molecule has 2 unspecified atom stereocenters. The van der Waals surface area contributed by atoms with Crippen molar-refractivity contribution < 1.29 is 4.39 Å². The molecule has 0 spiro atoms. The summed E-state index contributed by atoms with van der Waals surface area (Å²) in [6.07, 6.45) is 3.86. The van der Waals surface area contributed by atoms with Crippen molar-refractivity contribution in [3.8, 4) is 0 Å². The molecule has 1 aliphatic rings. The van der Waals surface area contributed by atoms with Crippen LogP contribution < -0.4 is 5.32 Å². The number of hydrogen-bond donors (Lipinski definition) is 1. The lowest BCUT2D eigenvalue weighted by molar-refractivity contribution is 0.0547. The van der Waals surface area contributed by atoms with Crippen LogP contribution in [0, 0.1) is 5.92 Å². The van der Waals surface area contributed by atoms with Crippen molar-refractivity contribution in [3.63, 3.8) is 0 Å². The fourth-order valence-electron chi connectivity index (χ4n) is 2.03. The summed E-state index contributed by atoms with van der Waals surface area (Å²) in [5.74, 6) is 0.0143. The molecule has 1 fully saturated rings. The van der Waals surface area contributed by atoms with Crippen LogP contribution in [-0.4, -0.2) is 18.1 Å². The minimum absolute atomic E-state index is 0.0143. The average Bonchev–Trinajstić information content (AvgIpc) is 2.24. The predicted molar refractivity (Wildman–Crippen MR) is 53.7 cm³/mol. The van der Waals surface area contributed by atoms with Gasteiger partial charge in [0.25, 0.3) is 0 Å². The van der Waals surface area contributed by atoms with Crippen LogP contribution in [0.4, 0.5) is 4.39 Å². The van der Waals surface area contributed by atoms with E-state index in [-0.39, 0.29) is 5.92 Å². The van der Waals surface area contributed by atoms with Crippen molar-refractivity contribution >= 4 is 0 Å². The lowest BCUT2D eigenvalue weighted by atomic mass is 9.80. The smallest absolute Gasteiger partial charge is 0.142 e. The molecule has 1 aliphatic heterocycles. The van der Waals surface area contributed by atoms with Gasteiger partial charge in [0.1, 0.15) is 5.67 Å². The second kappa shape index (κ2) is 3.65. The Labute approximate surface area is 83.6 Å². The van der Waals surface area contributed by atoms with Gasteiger partial charge in [-0.05, 0) is 19.0 Å². The Morgan fingerprint density at radius 3 is 3.14 bits per heavy atom. The summed E-state index contributed by atoms with van der Waals surface area (Å²) in [7, 11) is 0. The highest BCUT2D eigenvalue weighted by atomic mass is 19.1. The Kier molecular flexibility index (Phi) is 2.50. The molecule has 0 aliphatic carbocycles. The monoisotopic (exact) mass is 194 g/mol. The van der Waals surface area contributed by atoms with Crippen LogP contribution in [0.15, 0.2) is 24.5 Å². The van der Waals surface area contributed by atoms with Crippen molar-refractivity contribution in [1.29, 1.82) is 0 Å². The van der Waals surface area contributed by atoms with Crippen LogP contribution in [0.1, 0.15) is 18.9 Å². The van der Waals surface area contributed by atoms with Gasteiger partial charge in [-0.3, -0.25) is 4.98 Å². The number of piperidine rings is 1. The van der Waals surface area contributed by atoms with Crippen LogP contribution in [0.3, 0.4) is 0 Å². The van der Waals surface area contributed by atoms with E-state index in [0.717, 1.165) is 13.1 Å². The number of aromatic nitrogens is 1. The molecule has 1 saturated heterocycles. The van der Waals surface area contributed by atoms with E-state index < -0.39 is 5.67 Å². The second-order valence-corrected chi connectivity index (χ2v) is 3.96. The minimum atomic E-state index is -1.19. The molecule has 1 aromatic rings. The molecular weight excluding hydrogens is 179 g/mol. The average molecular weight is 194 g/mol. The molecule has 2 rings (SSSR count). The van der Waals surface area contributed by atoms with Crippen LogP contribution in [0.25, 0.3) is 0 Å². The lowest BCUT2D eigenvalue weighted by Crippen LogP contribution is -2.44. The first-order valence-electron chi connectivity index (χ1n) is 5.03. The van der Waals surface area contributed by atoms with Gasteiger partial charge in [-0.25, -0.2) is 4.39 Å². The highest BCUT2D eigenvalue weighted by Crippen LogP contribution is 2.38. The third-order valence-corrected chi connectivity index (χ3v) is 3.04. The molecule has 2 nitrogen and oxygen atoms in total. The Morgan fingerprint density at radius 1 is 1.64 bits per heavy atom. The van der Waals surface area contributed by atoms with E-state index in [1.165, 1.54) is 0 Å². The van der Waals surface area contributed by atoms with E-state index in [9.17, 15) is 4.39 Å². The normalized spacial score (nSPS) is 32.9. The fourth-order valence-corrected chi connectivity index (χ4v) is 2.03. The number of nitrogens with zero attached hydrogens (tertiary/aromatic N) is 1. The molecular formula is C11H15FN2. The highest BCUT2D eigenvalue weighted by molar-refractivity contribution is 5.20. The molecule has 0 bridgehead atoms. The highest BCUT2D eigenvalue weighted by Gasteiger charge is 2.40. The summed E-state index contributed by atoms with van der Waals surface area (Å²) < 4.78 is 14.6. The Bertz CT molecular complexity index is 301. The number of halogens is 1. The molecule has 2 atom stereocenters. The largest absolute Gasteiger partial charge is 0.316 e. The van der Waals surface area contributed by atoms with Gasteiger partial charge in [-0.1, -0.05) is 13.0 Å². The van der Waals surface area contributed by atoms with E-state index in [1.807, 2.05) is 13.0 Å². The van der Waals surface area contributed by atoms with Crippen LogP contribution in [0.5, 0.6) is 0 Å². The second-order valence-electron chi connectivity index (χ2n) is 3.96. The Hall–Kier alpha value is -0.960. The first-order chi connectivity index (χ1) is 6.73. The summed E-state index contributed by atoms with van der Waals surface area (Å²) >= 11 is 0. The van der Waals surface area contributed by atoms with Gasteiger partial charge in [0.05, 0.1) is 0 Å². The van der Waals surface area contributed by atoms with Crippen LogP contribution in [-0.2, 0) is 5.67 Å². The summed E-state index contributed by atoms with van der Waals surface area (Å²) in [4.78, 5) is 3.98. The molecule has 1 N–H and O–H groups in total. The fraction of sp³-hybridized carbons (Fsp3) is 0.545. The summed E-state index contributed by atoms with van der Waals surface area (Å²) in [5, 5.41) is 3.20. The Balaban J connectivity index is 2.30. The van der Waals surface area contributed by atoms with Crippen molar-refractivity contribution in [2.24, 2.45) is 5.92 Å². The van der Waals surface area contributed by atoms with Gasteiger partial charge in [0, 0.05) is 30.4 Å². The molecule has 0 amide bonds. The summed E-state index contributed by atoms with van der Waals surface area (Å²) in [6, 6.07) is 3.63. The predicted octanol–water partition coefficient (Wildman–Crippen LogP) is 1.88. The molecule has 2 heterocycles. The van der Waals surface area contributed by atoms with Crippen molar-refractivity contribution in [1.82, 2.24) is 10.3 Å². The molecule has 0 radical (unpaired) electrons. The first kappa shape index (κ1) is 9.59. The topological polar surface area (TPSA) is 24.9 Å². The van der Waals surface area contributed by atoms with Gasteiger partial charge in [0.2, 0.25) is 0 Å². The number of rotatable bonds is 1. The number of nitrogens with one attached hydrogen (secondary N) is 1. The zero-order valence-electron chi connectivity index (χ0n) is 8.33. The minimum Gasteiger partial charge on any atom is -0.316 e. The SMILES string of the molecule is CC1CNCCC1(F)c1cccnc1. The van der Waals surface area contributed by atoms with Gasteiger partial charge < -0.3 is 5.32 Å². The van der Waals surface area contributed by atoms with Crippen molar-refractivity contribution in [2.45, 2.75) is 19.0 Å². The van der Waals surface area contributed by atoms with E-state index in [4.69, 9.17) is 0 Å². The molecule has 0 saturated carbocycles. The van der Waals surface area contributed by atoms with E-state index in [2.05, 4.69) is 10.3 Å². The van der Waals surface area contributed by atoms with Crippen LogP contribution >= 0.6 is 0 Å². The Morgan fingerprint density at radius 2 is 2.50 bits per heavy atom. The third-order valence-electron chi connectivity index (χ3n) is 3.04. The van der Waals surface area contributed by atoms with Gasteiger partial charge >= 0.3 is 0 Å². The third kappa shape index (κ3) is 1.52. The number of hydrogen-bond acceptors (Lipinski definition) is 2. The van der Waals surface area contributed by atoms with Gasteiger partial charge in [0.15, 0.2) is 0 Å². The van der Waals surface area contributed by atoms with E-state index in [0.29, 0.717) is 12.0 Å². The molecule has 0 aromatic carbocycles. The van der Waals surface area contributed by atoms with Gasteiger partial charge in [-0.2, -0.15) is 0 Å². The molecule has 1 aromatic heterocycles. The van der Waals surface area contributed by atoms with E-state index in [1.54, 1.807) is 18.5 Å². The summed E-state index contributed by atoms with van der Waals surface area (Å²) in [5.41, 5.74) is -0.478. The number of pyridine rings is 1. The maximum absolute atomic E-state index is 14.6. The zero-order chi connectivity index (χ0) is 10.0. The zero-order valence-corrected chi connectivity index (χ0v) is 8.33. The maximum Gasteiger partial charge on any atom is 0.142 e. The van der Waals surface area contributed by atoms with Crippen molar-refractivity contribution in [2.75, 3.05) is 13.1 Å². The summed E-state index contributed by atoms with van der Waals surface area (Å²) in [6.45, 7) is 3.43. The van der Waals surface area contributed by atoms with E-state index >= 15 is 0 Å². The van der Waals surface area contributed by atoms with Gasteiger partial charge in [-0.15, -0.1) is 0 Å². The quantitative estimate of drug-likeness (QED) is 0.738. The lowest BCUT2D eigenvalue weighted by Gasteiger charge is -2.36. The van der Waals surface area contributed by atoms with Crippen LogP contribution in [0.2, 0.25) is 0 Å². The molecule has 14 heavy (non-hydrogen) atoms. The standard InChI is InChI=1S/C11H15FN2/c1-9-7-14-6-4-11(9,12)10-3-2-5-13-8-10/h2-3,5,8-9,14H,4,6-7H2,1H3. The van der Waals surface area contributed by atoms with Crippen molar-refractivity contribution in [3.05, 3.63) is 30.1 Å². The number of alkyl halides is 1. The molecule has 3 heteroatoms. The first-order valence-corrected chi connectivity index (χ1v) is 5.03.